The second-order valence-corrected chi connectivity index (χ2v) is 7.83. The van der Waals surface area contributed by atoms with E-state index in [1.807, 2.05) is 0 Å². The number of halogens is 1. The second kappa shape index (κ2) is 5.78. The van der Waals surface area contributed by atoms with Crippen LogP contribution >= 0.6 is 15.9 Å². The molecule has 1 aromatic rings. The Morgan fingerprint density at radius 3 is 2.40 bits per heavy atom. The molecule has 2 N–H and O–H groups in total. The van der Waals surface area contributed by atoms with Crippen molar-refractivity contribution in [3.8, 4) is 0 Å². The number of hydrogen-bond donors (Lipinski definition) is 2. The number of carbonyl (C=O) groups is 1. The summed E-state index contributed by atoms with van der Waals surface area (Å²) in [5, 5.41) is 16.0. The first-order chi connectivity index (χ1) is 8.95. The summed E-state index contributed by atoms with van der Waals surface area (Å²) in [7, 11) is -2.49. The molecular formula is C10H17BrN4O4S. The Hall–Kier alpha value is -1.00. The van der Waals surface area contributed by atoms with Crippen LogP contribution < -0.4 is 4.72 Å². The highest BCUT2D eigenvalue weighted by Gasteiger charge is 2.34. The molecule has 8 nitrogen and oxygen atoms in total. The summed E-state index contributed by atoms with van der Waals surface area (Å²) in [5.74, 6) is -1.07. The summed E-state index contributed by atoms with van der Waals surface area (Å²) in [6.07, 6.45) is -0.314. The maximum absolute atomic E-state index is 12.3. The third-order valence-electron chi connectivity index (χ3n) is 2.71. The molecule has 1 rings (SSSR count). The van der Waals surface area contributed by atoms with Gasteiger partial charge in [-0.3, -0.25) is 4.79 Å². The quantitative estimate of drug-likeness (QED) is 0.792. The van der Waals surface area contributed by atoms with Gasteiger partial charge in [0.15, 0.2) is 4.60 Å². The van der Waals surface area contributed by atoms with Crippen LogP contribution in [0, 0.1) is 5.41 Å². The molecular weight excluding hydrogens is 352 g/mol. The van der Waals surface area contributed by atoms with Crippen molar-refractivity contribution >= 4 is 31.9 Å². The van der Waals surface area contributed by atoms with E-state index in [0.717, 1.165) is 4.68 Å². The Bertz CT molecular complexity index is 586. The number of rotatable bonds is 5. The summed E-state index contributed by atoms with van der Waals surface area (Å²) in [6, 6.07) is -0.758. The van der Waals surface area contributed by atoms with E-state index in [2.05, 4.69) is 31.0 Å². The third kappa shape index (κ3) is 4.00. The first kappa shape index (κ1) is 17.1. The zero-order valence-corrected chi connectivity index (χ0v) is 14.0. The lowest BCUT2D eigenvalue weighted by Crippen LogP contribution is -2.45. The molecule has 0 radical (unpaired) electrons. The van der Waals surface area contributed by atoms with E-state index in [1.54, 1.807) is 20.8 Å². The SMILES string of the molecule is Cn1nnc(Br)c1S(=O)(=O)NC(CC(=O)O)C(C)(C)C. The fourth-order valence-electron chi connectivity index (χ4n) is 1.55. The minimum Gasteiger partial charge on any atom is -0.481 e. The minimum atomic E-state index is -3.93. The van der Waals surface area contributed by atoms with Crippen molar-refractivity contribution in [3.63, 3.8) is 0 Å². The monoisotopic (exact) mass is 368 g/mol. The summed E-state index contributed by atoms with van der Waals surface area (Å²) < 4.78 is 28.3. The average molecular weight is 369 g/mol. The molecule has 20 heavy (non-hydrogen) atoms. The molecule has 0 amide bonds. The van der Waals surface area contributed by atoms with Gasteiger partial charge in [0, 0.05) is 13.1 Å². The van der Waals surface area contributed by atoms with Gasteiger partial charge in [0.05, 0.1) is 6.42 Å². The molecule has 0 bridgehead atoms. The van der Waals surface area contributed by atoms with E-state index in [4.69, 9.17) is 5.11 Å². The zero-order chi connectivity index (χ0) is 15.7. The van der Waals surface area contributed by atoms with Crippen molar-refractivity contribution in [2.24, 2.45) is 12.5 Å². The predicted molar refractivity (Wildman–Crippen MR) is 74.5 cm³/mol. The van der Waals surface area contributed by atoms with Crippen LogP contribution in [-0.2, 0) is 21.9 Å². The molecule has 0 saturated heterocycles. The highest BCUT2D eigenvalue weighted by molar-refractivity contribution is 9.10. The molecule has 0 spiro atoms. The number of nitrogens with zero attached hydrogens (tertiary/aromatic N) is 3. The van der Waals surface area contributed by atoms with Crippen LogP contribution in [0.25, 0.3) is 0 Å². The topological polar surface area (TPSA) is 114 Å². The lowest BCUT2D eigenvalue weighted by molar-refractivity contribution is -0.138. The van der Waals surface area contributed by atoms with E-state index in [0.29, 0.717) is 0 Å². The molecule has 1 unspecified atom stereocenters. The maximum atomic E-state index is 12.3. The fraction of sp³-hybridized carbons (Fsp3) is 0.700. The van der Waals surface area contributed by atoms with Crippen molar-refractivity contribution < 1.29 is 18.3 Å². The van der Waals surface area contributed by atoms with Crippen LogP contribution in [0.2, 0.25) is 0 Å². The Morgan fingerprint density at radius 2 is 2.05 bits per heavy atom. The van der Waals surface area contributed by atoms with Crippen LogP contribution in [0.3, 0.4) is 0 Å². The molecule has 0 aliphatic carbocycles. The van der Waals surface area contributed by atoms with Gasteiger partial charge >= 0.3 is 5.97 Å². The van der Waals surface area contributed by atoms with Gasteiger partial charge in [-0.05, 0) is 21.3 Å². The number of aromatic nitrogens is 3. The second-order valence-electron chi connectivity index (χ2n) is 5.45. The molecule has 1 aromatic heterocycles. The number of aryl methyl sites for hydroxylation is 1. The molecule has 1 atom stereocenters. The van der Waals surface area contributed by atoms with Crippen LogP contribution in [0.5, 0.6) is 0 Å². The average Bonchev–Trinajstić information content (AvgIpc) is 2.55. The Kier molecular flexibility index (Phi) is 4.93. The number of carboxylic acids is 1. The Morgan fingerprint density at radius 1 is 1.50 bits per heavy atom. The molecule has 0 fully saturated rings. The molecule has 0 saturated carbocycles. The van der Waals surface area contributed by atoms with E-state index in [-0.39, 0.29) is 16.0 Å². The number of nitrogens with one attached hydrogen (secondary N) is 1. The summed E-state index contributed by atoms with van der Waals surface area (Å²) in [6.45, 7) is 5.29. The molecule has 0 aliphatic heterocycles. The highest BCUT2D eigenvalue weighted by atomic mass is 79.9. The molecule has 10 heteroatoms. The molecule has 1 heterocycles. The van der Waals surface area contributed by atoms with Gasteiger partial charge in [-0.15, -0.1) is 5.10 Å². The normalized spacial score (nSPS) is 14.2. The summed E-state index contributed by atoms with van der Waals surface area (Å²) in [4.78, 5) is 10.9. The lowest BCUT2D eigenvalue weighted by atomic mass is 9.85. The van der Waals surface area contributed by atoms with Gasteiger partial charge in [0.25, 0.3) is 10.0 Å². The van der Waals surface area contributed by atoms with Gasteiger partial charge in [-0.1, -0.05) is 26.0 Å². The fourth-order valence-corrected chi connectivity index (χ4v) is 4.09. The molecule has 0 aromatic carbocycles. The lowest BCUT2D eigenvalue weighted by Gasteiger charge is -2.29. The smallest absolute Gasteiger partial charge is 0.304 e. The largest absolute Gasteiger partial charge is 0.481 e. The van der Waals surface area contributed by atoms with Gasteiger partial charge in [0.2, 0.25) is 5.03 Å². The highest BCUT2D eigenvalue weighted by Crippen LogP contribution is 2.25. The van der Waals surface area contributed by atoms with Crippen LogP contribution in [0.1, 0.15) is 27.2 Å². The molecule has 0 aliphatic rings. The van der Waals surface area contributed by atoms with Crippen LogP contribution in [-0.4, -0.2) is 40.5 Å². The maximum Gasteiger partial charge on any atom is 0.304 e. The number of carboxylic acid groups (broad SMARTS) is 1. The molecule has 114 valence electrons. The van der Waals surface area contributed by atoms with Crippen molar-refractivity contribution in [1.82, 2.24) is 19.7 Å². The standard InChI is InChI=1S/C10H17BrN4O4S/c1-10(2,3)6(5-7(16)17)13-20(18,19)9-8(11)12-14-15(9)4/h6,13H,5H2,1-4H3,(H,16,17). The van der Waals surface area contributed by atoms with Gasteiger partial charge < -0.3 is 5.11 Å². The van der Waals surface area contributed by atoms with Gasteiger partial charge in [-0.2, -0.15) is 0 Å². The van der Waals surface area contributed by atoms with Crippen molar-refractivity contribution in [3.05, 3.63) is 4.60 Å². The van der Waals surface area contributed by atoms with Crippen molar-refractivity contribution in [1.29, 1.82) is 0 Å². The van der Waals surface area contributed by atoms with Crippen molar-refractivity contribution in [2.75, 3.05) is 0 Å². The van der Waals surface area contributed by atoms with E-state index in [9.17, 15) is 13.2 Å². The number of aliphatic carboxylic acids is 1. The van der Waals surface area contributed by atoms with Crippen molar-refractivity contribution in [2.45, 2.75) is 38.3 Å². The van der Waals surface area contributed by atoms with Gasteiger partial charge in [0.1, 0.15) is 0 Å². The van der Waals surface area contributed by atoms with Crippen LogP contribution in [0.15, 0.2) is 9.63 Å². The van der Waals surface area contributed by atoms with E-state index < -0.39 is 27.4 Å². The summed E-state index contributed by atoms with van der Waals surface area (Å²) >= 11 is 3.01. The summed E-state index contributed by atoms with van der Waals surface area (Å²) in [5.41, 5.74) is -0.552. The zero-order valence-electron chi connectivity index (χ0n) is 11.6. The Labute approximate surface area is 125 Å². The third-order valence-corrected chi connectivity index (χ3v) is 5.07. The first-order valence-corrected chi connectivity index (χ1v) is 8.02. The number of sulfonamides is 1. The van der Waals surface area contributed by atoms with Gasteiger partial charge in [-0.25, -0.2) is 17.8 Å². The Balaban J connectivity index is 3.13. The van der Waals surface area contributed by atoms with Crippen LogP contribution in [0.4, 0.5) is 0 Å². The number of hydrogen-bond acceptors (Lipinski definition) is 5. The first-order valence-electron chi connectivity index (χ1n) is 5.74. The van der Waals surface area contributed by atoms with E-state index in [1.165, 1.54) is 7.05 Å². The van der Waals surface area contributed by atoms with E-state index >= 15 is 0 Å². The minimum absolute atomic E-state index is 0.0792. The predicted octanol–water partition coefficient (Wildman–Crippen LogP) is 0.745.